The lowest BCUT2D eigenvalue weighted by Gasteiger charge is -2.09. The van der Waals surface area contributed by atoms with Crippen LogP contribution in [0.15, 0.2) is 72.8 Å². The van der Waals surface area contributed by atoms with Crippen LogP contribution >= 0.6 is 12.2 Å². The Morgan fingerprint density at radius 3 is 2.56 bits per heavy atom. The van der Waals surface area contributed by atoms with Crippen LogP contribution in [0.5, 0.6) is 0 Å². The van der Waals surface area contributed by atoms with Gasteiger partial charge in [-0.2, -0.15) is 5.10 Å². The number of carbonyl (C=O) groups excluding carboxylic acids is 1. The number of hydrogen-bond donors (Lipinski definition) is 2. The zero-order valence-corrected chi connectivity index (χ0v) is 19.8. The van der Waals surface area contributed by atoms with E-state index < -0.39 is 0 Å². The quantitative estimate of drug-likeness (QED) is 0.323. The number of nitrogens with zero attached hydrogens (tertiary/aromatic N) is 4. The maximum absolute atomic E-state index is 12.6. The molecule has 0 saturated heterocycles. The van der Waals surface area contributed by atoms with Gasteiger partial charge in [0.15, 0.2) is 10.6 Å². The summed E-state index contributed by atoms with van der Waals surface area (Å²) >= 11 is 5.39. The van der Waals surface area contributed by atoms with Gasteiger partial charge in [-0.15, -0.1) is 0 Å². The molecule has 0 aliphatic heterocycles. The summed E-state index contributed by atoms with van der Waals surface area (Å²) in [7, 11) is 2.01. The predicted molar refractivity (Wildman–Crippen MR) is 137 cm³/mol. The number of aromatic amines is 1. The van der Waals surface area contributed by atoms with Crippen LogP contribution in [0, 0.1) is 11.7 Å². The third-order valence-corrected chi connectivity index (χ3v) is 6.12. The fraction of sp³-hybridized carbons (Fsp3) is 0.154. The van der Waals surface area contributed by atoms with Crippen LogP contribution in [0.2, 0.25) is 0 Å². The van der Waals surface area contributed by atoms with Gasteiger partial charge >= 0.3 is 0 Å². The fourth-order valence-corrected chi connectivity index (χ4v) is 4.30. The second kappa shape index (κ2) is 9.07. The number of para-hydroxylation sites is 2. The number of aromatic nitrogens is 5. The molecule has 0 aliphatic carbocycles. The van der Waals surface area contributed by atoms with E-state index in [2.05, 4.69) is 26.1 Å². The monoisotopic (exact) mass is 468 g/mol. The van der Waals surface area contributed by atoms with E-state index in [1.807, 2.05) is 85.3 Å². The van der Waals surface area contributed by atoms with Gasteiger partial charge < -0.3 is 9.88 Å². The van der Waals surface area contributed by atoms with Crippen LogP contribution in [0.4, 0.5) is 5.69 Å². The molecule has 0 spiro atoms. The number of fused-ring (bicyclic) bond motifs is 1. The third-order valence-electron chi connectivity index (χ3n) is 5.81. The molecule has 1 amide bonds. The maximum Gasteiger partial charge on any atom is 0.226 e. The molecule has 0 radical (unpaired) electrons. The average molecular weight is 469 g/mol. The molecule has 3 aromatic carbocycles. The predicted octanol–water partition coefficient (Wildman–Crippen LogP) is 5.50. The van der Waals surface area contributed by atoms with Crippen molar-refractivity contribution in [2.45, 2.75) is 19.9 Å². The van der Waals surface area contributed by atoms with Crippen molar-refractivity contribution in [3.63, 3.8) is 0 Å². The van der Waals surface area contributed by atoms with Gasteiger partial charge in [-0.3, -0.25) is 14.5 Å². The summed E-state index contributed by atoms with van der Waals surface area (Å²) < 4.78 is 4.43. The first-order chi connectivity index (χ1) is 16.5. The summed E-state index contributed by atoms with van der Waals surface area (Å²) in [5, 5.41) is 10.2. The van der Waals surface area contributed by atoms with E-state index in [1.54, 1.807) is 0 Å². The van der Waals surface area contributed by atoms with Crippen molar-refractivity contribution < 1.29 is 4.79 Å². The third kappa shape index (κ3) is 4.27. The van der Waals surface area contributed by atoms with Crippen molar-refractivity contribution in [3.8, 4) is 22.8 Å². The highest BCUT2D eigenvalue weighted by Crippen LogP contribution is 2.25. The number of hydrogen-bond acceptors (Lipinski definition) is 4. The van der Waals surface area contributed by atoms with Gasteiger partial charge in [0.1, 0.15) is 5.82 Å². The van der Waals surface area contributed by atoms with Gasteiger partial charge in [-0.05, 0) is 61.6 Å². The van der Waals surface area contributed by atoms with Crippen LogP contribution in [-0.2, 0) is 18.4 Å². The zero-order chi connectivity index (χ0) is 23.7. The van der Waals surface area contributed by atoms with E-state index in [9.17, 15) is 4.79 Å². The van der Waals surface area contributed by atoms with Gasteiger partial charge in [0.05, 0.1) is 11.0 Å². The standard InChI is InChI=1S/C26H24N6OS/c1-17-6-5-7-19(16-17)25-29-30-26(34)32(25)15-14-23(33)27-20-12-10-18(11-13-20)24-28-21-8-3-4-9-22(21)31(24)2/h3-13,16H,14-15H2,1-2H3,(H,27,33)(H,30,34). The summed E-state index contributed by atoms with van der Waals surface area (Å²) in [6, 6.07) is 23.8. The van der Waals surface area contributed by atoms with E-state index in [-0.39, 0.29) is 12.3 Å². The first-order valence-electron chi connectivity index (χ1n) is 11.0. The Kier molecular flexibility index (Phi) is 5.81. The number of rotatable bonds is 6. The lowest BCUT2D eigenvalue weighted by atomic mass is 10.1. The lowest BCUT2D eigenvalue weighted by molar-refractivity contribution is -0.116. The maximum atomic E-state index is 12.6. The Morgan fingerprint density at radius 2 is 1.79 bits per heavy atom. The Hall–Kier alpha value is -4.04. The molecule has 170 valence electrons. The van der Waals surface area contributed by atoms with Crippen LogP contribution in [0.25, 0.3) is 33.8 Å². The first-order valence-corrected chi connectivity index (χ1v) is 11.4. The van der Waals surface area contributed by atoms with Crippen molar-refractivity contribution in [2.75, 3.05) is 5.32 Å². The van der Waals surface area contributed by atoms with Crippen LogP contribution in [-0.4, -0.2) is 30.2 Å². The number of H-pyrrole nitrogens is 1. The number of nitrogens with one attached hydrogen (secondary N) is 2. The Bertz CT molecular complexity index is 1540. The number of imidazole rings is 1. The number of benzene rings is 3. The molecule has 0 unspecified atom stereocenters. The van der Waals surface area contributed by atoms with Crippen molar-refractivity contribution >= 4 is 34.8 Å². The number of carbonyl (C=O) groups is 1. The largest absolute Gasteiger partial charge is 0.327 e. The molecule has 0 atom stereocenters. The highest BCUT2D eigenvalue weighted by atomic mass is 32.1. The van der Waals surface area contributed by atoms with Gasteiger partial charge in [-0.25, -0.2) is 4.98 Å². The van der Waals surface area contributed by atoms with Crippen LogP contribution < -0.4 is 5.32 Å². The summed E-state index contributed by atoms with van der Waals surface area (Å²) in [6.07, 6.45) is 0.277. The minimum Gasteiger partial charge on any atom is -0.327 e. The molecular weight excluding hydrogens is 444 g/mol. The molecule has 0 bridgehead atoms. The van der Waals surface area contributed by atoms with Gasteiger partial charge in [-0.1, -0.05) is 35.9 Å². The Labute approximate surface area is 202 Å². The average Bonchev–Trinajstić information content (AvgIpc) is 3.38. The molecule has 0 aliphatic rings. The second-order valence-electron chi connectivity index (χ2n) is 8.23. The van der Waals surface area contributed by atoms with E-state index in [4.69, 9.17) is 17.2 Å². The Balaban J connectivity index is 1.27. The Morgan fingerprint density at radius 1 is 1.00 bits per heavy atom. The van der Waals surface area contributed by atoms with Crippen molar-refractivity contribution in [3.05, 3.63) is 83.1 Å². The second-order valence-corrected chi connectivity index (χ2v) is 8.62. The zero-order valence-electron chi connectivity index (χ0n) is 18.9. The van der Waals surface area contributed by atoms with Gasteiger partial charge in [0.25, 0.3) is 0 Å². The van der Waals surface area contributed by atoms with Crippen molar-refractivity contribution in [1.29, 1.82) is 0 Å². The molecule has 5 aromatic rings. The minimum atomic E-state index is -0.0891. The molecule has 7 nitrogen and oxygen atoms in total. The summed E-state index contributed by atoms with van der Waals surface area (Å²) in [6.45, 7) is 2.46. The molecule has 5 rings (SSSR count). The SMILES string of the molecule is Cc1cccc(-c2n[nH]c(=S)n2CCC(=O)Nc2ccc(-c3nc4ccccc4n3C)cc2)c1. The number of anilines is 1. The smallest absolute Gasteiger partial charge is 0.226 e. The van der Waals surface area contributed by atoms with E-state index >= 15 is 0 Å². The fourth-order valence-electron chi connectivity index (χ4n) is 4.07. The van der Waals surface area contributed by atoms with E-state index in [1.165, 1.54) is 0 Å². The highest BCUT2D eigenvalue weighted by molar-refractivity contribution is 7.71. The lowest BCUT2D eigenvalue weighted by Crippen LogP contribution is -2.15. The van der Waals surface area contributed by atoms with Crippen LogP contribution in [0.3, 0.4) is 0 Å². The van der Waals surface area contributed by atoms with Gasteiger partial charge in [0, 0.05) is 36.8 Å². The van der Waals surface area contributed by atoms with E-state index in [0.29, 0.717) is 11.3 Å². The first kappa shape index (κ1) is 21.8. The summed E-state index contributed by atoms with van der Waals surface area (Å²) in [5.41, 5.74) is 5.87. The number of amides is 1. The molecule has 2 N–H and O–H groups in total. The molecule has 2 heterocycles. The van der Waals surface area contributed by atoms with Gasteiger partial charge in [0.2, 0.25) is 5.91 Å². The highest BCUT2D eigenvalue weighted by Gasteiger charge is 2.12. The molecule has 0 saturated carbocycles. The minimum absolute atomic E-state index is 0.0891. The molecule has 0 fully saturated rings. The summed E-state index contributed by atoms with van der Waals surface area (Å²) in [4.78, 5) is 17.4. The van der Waals surface area contributed by atoms with Crippen LogP contribution in [0.1, 0.15) is 12.0 Å². The van der Waals surface area contributed by atoms with E-state index in [0.717, 1.165) is 45.1 Å². The van der Waals surface area contributed by atoms with Crippen molar-refractivity contribution in [2.24, 2.45) is 7.05 Å². The molecule has 8 heteroatoms. The number of aryl methyl sites for hydroxylation is 2. The molecule has 2 aromatic heterocycles. The molecule has 34 heavy (non-hydrogen) atoms. The topological polar surface area (TPSA) is 80.5 Å². The molecular formula is C26H24N6OS. The normalized spacial score (nSPS) is 11.1. The summed E-state index contributed by atoms with van der Waals surface area (Å²) in [5.74, 6) is 1.53. The van der Waals surface area contributed by atoms with Crippen molar-refractivity contribution in [1.82, 2.24) is 24.3 Å².